The summed E-state index contributed by atoms with van der Waals surface area (Å²) >= 11 is 6.28. The van der Waals surface area contributed by atoms with Crippen LogP contribution < -0.4 is 4.90 Å². The molecule has 0 atom stereocenters. The molecule has 0 radical (unpaired) electrons. The van der Waals surface area contributed by atoms with E-state index in [9.17, 15) is 9.90 Å². The van der Waals surface area contributed by atoms with Crippen LogP contribution in [0.25, 0.3) is 0 Å². The van der Waals surface area contributed by atoms with E-state index in [-0.39, 0.29) is 0 Å². The number of aromatic nitrogens is 1. The van der Waals surface area contributed by atoms with E-state index >= 15 is 0 Å². The fourth-order valence-electron chi connectivity index (χ4n) is 3.22. The standard InChI is InChI=1S/C18H22ClN3O2.C2H6/c1-13-14(11-17(18(23)24)20(13)2)12-21-7-9-22(10-8-21)16-6-4-3-5-15(16)19;1-2/h3-6,11H,7-10,12H2,1-2H3,(H,23,24);1-2H3. The zero-order chi connectivity index (χ0) is 19.3. The Hall–Kier alpha value is -1.98. The van der Waals surface area contributed by atoms with Gasteiger partial charge in [0, 0.05) is 45.5 Å². The van der Waals surface area contributed by atoms with Gasteiger partial charge in [-0.3, -0.25) is 4.90 Å². The number of hydrogen-bond donors (Lipinski definition) is 1. The third kappa shape index (κ3) is 4.40. The number of carbonyl (C=O) groups is 1. The van der Waals surface area contributed by atoms with E-state index < -0.39 is 5.97 Å². The Bertz CT molecular complexity index is 750. The second-order valence-corrected chi connectivity index (χ2v) is 6.63. The Labute approximate surface area is 160 Å². The highest BCUT2D eigenvalue weighted by atomic mass is 35.5. The average molecular weight is 378 g/mol. The van der Waals surface area contributed by atoms with Gasteiger partial charge in [-0.05, 0) is 30.7 Å². The summed E-state index contributed by atoms with van der Waals surface area (Å²) in [5.74, 6) is -0.879. The number of benzene rings is 1. The van der Waals surface area contributed by atoms with Gasteiger partial charge in [-0.25, -0.2) is 4.79 Å². The molecule has 142 valence electrons. The third-order valence-corrected chi connectivity index (χ3v) is 5.14. The van der Waals surface area contributed by atoms with Crippen molar-refractivity contribution in [2.75, 3.05) is 31.1 Å². The van der Waals surface area contributed by atoms with Crippen LogP contribution >= 0.6 is 11.6 Å². The quantitative estimate of drug-likeness (QED) is 0.873. The van der Waals surface area contributed by atoms with Crippen molar-refractivity contribution in [2.45, 2.75) is 27.3 Å². The van der Waals surface area contributed by atoms with Crippen molar-refractivity contribution in [2.24, 2.45) is 7.05 Å². The Morgan fingerprint density at radius 3 is 2.31 bits per heavy atom. The Kier molecular flexibility index (Phi) is 7.12. The highest BCUT2D eigenvalue weighted by Crippen LogP contribution is 2.26. The van der Waals surface area contributed by atoms with Crippen LogP contribution in [-0.4, -0.2) is 46.7 Å². The molecule has 2 heterocycles. The summed E-state index contributed by atoms with van der Waals surface area (Å²) in [6.07, 6.45) is 0. The van der Waals surface area contributed by atoms with Gasteiger partial charge in [0.25, 0.3) is 0 Å². The maximum Gasteiger partial charge on any atom is 0.352 e. The summed E-state index contributed by atoms with van der Waals surface area (Å²) in [5.41, 5.74) is 3.53. The zero-order valence-corrected chi connectivity index (χ0v) is 16.8. The normalized spacial score (nSPS) is 14.7. The highest BCUT2D eigenvalue weighted by molar-refractivity contribution is 6.33. The van der Waals surface area contributed by atoms with E-state index in [1.165, 1.54) is 0 Å². The molecule has 1 aromatic heterocycles. The minimum Gasteiger partial charge on any atom is -0.477 e. The number of aromatic carboxylic acids is 1. The first-order chi connectivity index (χ1) is 12.5. The molecule has 6 heteroatoms. The summed E-state index contributed by atoms with van der Waals surface area (Å²) in [6.45, 7) is 10.5. The Morgan fingerprint density at radius 1 is 1.15 bits per heavy atom. The fraction of sp³-hybridized carbons (Fsp3) is 0.450. The second-order valence-electron chi connectivity index (χ2n) is 6.22. The highest BCUT2D eigenvalue weighted by Gasteiger charge is 2.21. The van der Waals surface area contributed by atoms with Gasteiger partial charge in [0.1, 0.15) is 5.69 Å². The molecule has 1 aliphatic heterocycles. The Balaban J connectivity index is 0.00000117. The summed E-state index contributed by atoms with van der Waals surface area (Å²) in [7, 11) is 1.80. The number of anilines is 1. The van der Waals surface area contributed by atoms with Gasteiger partial charge in [-0.1, -0.05) is 37.6 Å². The third-order valence-electron chi connectivity index (χ3n) is 4.82. The zero-order valence-electron chi connectivity index (χ0n) is 16.0. The van der Waals surface area contributed by atoms with Crippen LogP contribution in [0, 0.1) is 6.92 Å². The van der Waals surface area contributed by atoms with Crippen molar-refractivity contribution in [1.82, 2.24) is 9.47 Å². The SMILES string of the molecule is CC.Cc1c(CN2CCN(c3ccccc3Cl)CC2)cc(C(=O)O)n1C. The molecular formula is C20H28ClN3O2. The van der Waals surface area contributed by atoms with Crippen LogP contribution in [0.3, 0.4) is 0 Å². The summed E-state index contributed by atoms with van der Waals surface area (Å²) < 4.78 is 1.75. The minimum atomic E-state index is -0.879. The molecular weight excluding hydrogens is 350 g/mol. The predicted octanol–water partition coefficient (Wildman–Crippen LogP) is 4.03. The molecule has 0 saturated carbocycles. The van der Waals surface area contributed by atoms with Crippen LogP contribution in [0.1, 0.15) is 35.6 Å². The minimum absolute atomic E-state index is 0.345. The van der Waals surface area contributed by atoms with Crippen molar-refractivity contribution >= 4 is 23.3 Å². The molecule has 3 rings (SSSR count). The molecule has 0 spiro atoms. The van der Waals surface area contributed by atoms with Crippen LogP contribution in [0.5, 0.6) is 0 Å². The monoisotopic (exact) mass is 377 g/mol. The molecule has 1 fully saturated rings. The van der Waals surface area contributed by atoms with Gasteiger partial charge in [0.05, 0.1) is 10.7 Å². The molecule has 26 heavy (non-hydrogen) atoms. The average Bonchev–Trinajstić information content (AvgIpc) is 2.93. The van der Waals surface area contributed by atoms with Crippen molar-refractivity contribution in [1.29, 1.82) is 0 Å². The van der Waals surface area contributed by atoms with E-state index in [0.29, 0.717) is 5.69 Å². The van der Waals surface area contributed by atoms with Crippen LogP contribution in [0.15, 0.2) is 30.3 Å². The number of piperazine rings is 1. The Morgan fingerprint density at radius 2 is 1.77 bits per heavy atom. The van der Waals surface area contributed by atoms with Crippen LogP contribution in [0.2, 0.25) is 5.02 Å². The van der Waals surface area contributed by atoms with Crippen molar-refractivity contribution in [3.63, 3.8) is 0 Å². The lowest BCUT2D eigenvalue weighted by Gasteiger charge is -2.36. The van der Waals surface area contributed by atoms with Gasteiger partial charge in [-0.2, -0.15) is 0 Å². The number of hydrogen-bond acceptors (Lipinski definition) is 3. The van der Waals surface area contributed by atoms with Crippen molar-refractivity contribution in [3.05, 3.63) is 52.3 Å². The van der Waals surface area contributed by atoms with Gasteiger partial charge in [0.15, 0.2) is 0 Å². The molecule has 0 amide bonds. The molecule has 1 aromatic carbocycles. The van der Waals surface area contributed by atoms with E-state index in [0.717, 1.165) is 54.7 Å². The van der Waals surface area contributed by atoms with Gasteiger partial charge >= 0.3 is 5.97 Å². The van der Waals surface area contributed by atoms with Gasteiger partial charge in [-0.15, -0.1) is 0 Å². The van der Waals surface area contributed by atoms with Gasteiger partial charge in [0.2, 0.25) is 0 Å². The lowest BCUT2D eigenvalue weighted by atomic mass is 10.2. The molecule has 0 aliphatic carbocycles. The molecule has 1 aliphatic rings. The topological polar surface area (TPSA) is 48.7 Å². The van der Waals surface area contributed by atoms with Crippen LogP contribution in [0.4, 0.5) is 5.69 Å². The van der Waals surface area contributed by atoms with E-state index in [1.54, 1.807) is 17.7 Å². The molecule has 5 nitrogen and oxygen atoms in total. The molecule has 1 N–H and O–H groups in total. The first-order valence-corrected chi connectivity index (χ1v) is 9.45. The van der Waals surface area contributed by atoms with Crippen molar-refractivity contribution in [3.8, 4) is 0 Å². The predicted molar refractivity (Wildman–Crippen MR) is 107 cm³/mol. The van der Waals surface area contributed by atoms with Crippen molar-refractivity contribution < 1.29 is 9.90 Å². The van der Waals surface area contributed by atoms with E-state index in [1.807, 2.05) is 39.0 Å². The van der Waals surface area contributed by atoms with Gasteiger partial charge < -0.3 is 14.6 Å². The number of para-hydroxylation sites is 1. The summed E-state index contributed by atoms with van der Waals surface area (Å²) in [4.78, 5) is 15.9. The molecule has 0 unspecified atom stereocenters. The number of rotatable bonds is 4. The number of carboxylic acids is 1. The molecule has 2 aromatic rings. The lowest BCUT2D eigenvalue weighted by molar-refractivity contribution is 0.0686. The molecule has 0 bridgehead atoms. The lowest BCUT2D eigenvalue weighted by Crippen LogP contribution is -2.46. The number of nitrogens with zero attached hydrogens (tertiary/aromatic N) is 3. The largest absolute Gasteiger partial charge is 0.477 e. The van der Waals surface area contributed by atoms with E-state index in [2.05, 4.69) is 15.9 Å². The second kappa shape index (κ2) is 9.10. The smallest absolute Gasteiger partial charge is 0.352 e. The maximum absolute atomic E-state index is 11.3. The van der Waals surface area contributed by atoms with E-state index in [4.69, 9.17) is 11.6 Å². The molecule has 1 saturated heterocycles. The summed E-state index contributed by atoms with van der Waals surface area (Å²) in [6, 6.07) is 9.72. The van der Waals surface area contributed by atoms with Crippen LogP contribution in [-0.2, 0) is 13.6 Å². The number of halogens is 1. The fourth-order valence-corrected chi connectivity index (χ4v) is 3.48. The first kappa shape index (κ1) is 20.3. The summed E-state index contributed by atoms with van der Waals surface area (Å²) in [5, 5.41) is 10.0. The first-order valence-electron chi connectivity index (χ1n) is 9.07. The number of carboxylic acid groups (broad SMARTS) is 1. The maximum atomic E-state index is 11.3.